The van der Waals surface area contributed by atoms with Crippen molar-refractivity contribution >= 4 is 46.6 Å². The molecule has 0 saturated carbocycles. The fraction of sp³-hybridized carbons (Fsp3) is 0.143. The van der Waals surface area contributed by atoms with Gasteiger partial charge in [-0.15, -0.1) is 11.3 Å². The Morgan fingerprint density at radius 2 is 2.11 bits per heavy atom. The first-order valence-corrected chi connectivity index (χ1v) is 6.66. The molecule has 2 aromatic rings. The monoisotopic (exact) mass is 290 g/mol. The highest BCUT2D eigenvalue weighted by molar-refractivity contribution is 7.73. The van der Waals surface area contributed by atoms with Crippen LogP contribution in [0.5, 0.6) is 5.88 Å². The normalized spacial score (nSPS) is 15.0. The summed E-state index contributed by atoms with van der Waals surface area (Å²) in [4.78, 5) is 7.96. The number of hydrogen-bond donors (Lipinski definition) is 2. The molecule has 2 N–H and O–H groups in total. The zero-order valence-corrected chi connectivity index (χ0v) is 11.2. The Labute approximate surface area is 121 Å². The molecule has 0 radical (unpaired) electrons. The van der Waals surface area contributed by atoms with Gasteiger partial charge in [0.1, 0.15) is 0 Å². The molecule has 1 aromatic heterocycles. The van der Waals surface area contributed by atoms with Crippen molar-refractivity contribution in [1.82, 2.24) is 4.98 Å². The van der Waals surface area contributed by atoms with Crippen molar-refractivity contribution in [2.45, 2.75) is 14.4 Å². The van der Waals surface area contributed by atoms with Gasteiger partial charge in [0.2, 0.25) is 5.88 Å². The molecule has 3 nitrogen and oxygen atoms in total. The molecule has 5 heteroatoms. The van der Waals surface area contributed by atoms with Gasteiger partial charge < -0.3 is 10.1 Å². The van der Waals surface area contributed by atoms with E-state index in [0.717, 1.165) is 27.4 Å². The number of H-pyrrole nitrogens is 1. The van der Waals surface area contributed by atoms with Gasteiger partial charge in [-0.3, -0.25) is 4.99 Å². The van der Waals surface area contributed by atoms with Crippen LogP contribution in [-0.2, 0) is 0 Å². The number of benzene rings is 1. The van der Waals surface area contributed by atoms with Crippen LogP contribution < -0.4 is 0 Å². The minimum atomic E-state index is 0. The number of para-hydroxylation sites is 1. The minimum Gasteiger partial charge on any atom is -0.494 e. The molecule has 98 valence electrons. The highest BCUT2D eigenvalue weighted by atomic mass is 32.1. The maximum Gasteiger partial charge on any atom is 0.207 e. The average molecular weight is 290 g/mol. The van der Waals surface area contributed by atoms with Gasteiger partial charge in [-0.05, 0) is 31.3 Å². The zero-order chi connectivity index (χ0) is 12.7. The van der Waals surface area contributed by atoms with E-state index in [4.69, 9.17) is 12.2 Å². The average Bonchev–Trinajstić information content (AvgIpc) is 2.81. The van der Waals surface area contributed by atoms with E-state index in [1.54, 1.807) is 0 Å². The van der Waals surface area contributed by atoms with Gasteiger partial charge in [0.05, 0.1) is 10.6 Å². The second-order valence-corrected chi connectivity index (χ2v) is 5.72. The third-order valence-electron chi connectivity index (χ3n) is 2.80. The third-order valence-corrected chi connectivity index (χ3v) is 3.97. The number of allylic oxidation sites excluding steroid dienone is 1. The Morgan fingerprint density at radius 3 is 2.79 bits per heavy atom. The van der Waals surface area contributed by atoms with Crippen LogP contribution in [-0.4, -0.2) is 15.8 Å². The van der Waals surface area contributed by atoms with E-state index >= 15 is 0 Å². The van der Waals surface area contributed by atoms with Gasteiger partial charge in [0.15, 0.2) is 3.95 Å². The van der Waals surface area contributed by atoms with E-state index in [1.165, 1.54) is 11.3 Å². The summed E-state index contributed by atoms with van der Waals surface area (Å²) in [6, 6.07) is 7.97. The Morgan fingerprint density at radius 1 is 1.37 bits per heavy atom. The standard InChI is InChI=1S/C13H10N2OS2.CH4/c1-7-9(6-11-12(16)15-13(17)18-11)8-4-2-3-5-10(8)14-7;/h2-6,16H,1H3,(H,15,17);1H4. The van der Waals surface area contributed by atoms with Gasteiger partial charge in [-0.2, -0.15) is 0 Å². The second kappa shape index (κ2) is 5.11. The SMILES string of the molecule is C.CC1=Nc2ccccc2C1=Cc1sc(=S)[nH]c1O. The predicted molar refractivity (Wildman–Crippen MR) is 85.0 cm³/mol. The lowest BCUT2D eigenvalue weighted by Gasteiger charge is -2.00. The number of aromatic amines is 1. The van der Waals surface area contributed by atoms with Gasteiger partial charge in [0.25, 0.3) is 0 Å². The van der Waals surface area contributed by atoms with E-state index in [-0.39, 0.29) is 13.3 Å². The van der Waals surface area contributed by atoms with Gasteiger partial charge in [-0.25, -0.2) is 0 Å². The van der Waals surface area contributed by atoms with Crippen molar-refractivity contribution in [3.8, 4) is 5.88 Å². The van der Waals surface area contributed by atoms with Crippen molar-refractivity contribution in [3.05, 3.63) is 38.7 Å². The molecule has 0 unspecified atom stereocenters. The van der Waals surface area contributed by atoms with Crippen molar-refractivity contribution in [2.75, 3.05) is 0 Å². The molecule has 0 fully saturated rings. The molecular formula is C14H14N2OS2. The van der Waals surface area contributed by atoms with Crippen LogP contribution in [0.3, 0.4) is 0 Å². The Bertz CT molecular complexity index is 738. The van der Waals surface area contributed by atoms with E-state index in [1.807, 2.05) is 37.3 Å². The summed E-state index contributed by atoms with van der Waals surface area (Å²) in [7, 11) is 0. The highest BCUT2D eigenvalue weighted by Gasteiger charge is 2.17. The van der Waals surface area contributed by atoms with Crippen molar-refractivity contribution in [2.24, 2.45) is 4.99 Å². The fourth-order valence-electron chi connectivity index (χ4n) is 1.98. The summed E-state index contributed by atoms with van der Waals surface area (Å²) < 4.78 is 0.570. The van der Waals surface area contributed by atoms with Crippen LogP contribution >= 0.6 is 23.6 Å². The number of aromatic hydroxyl groups is 1. The molecule has 1 aliphatic heterocycles. The van der Waals surface area contributed by atoms with Crippen LogP contribution in [0.15, 0.2) is 29.3 Å². The molecule has 0 bridgehead atoms. The third kappa shape index (κ3) is 2.39. The summed E-state index contributed by atoms with van der Waals surface area (Å²) >= 11 is 6.37. The molecule has 0 saturated heterocycles. The number of fused-ring (bicyclic) bond motifs is 1. The fourth-order valence-corrected chi connectivity index (χ4v) is 3.02. The zero-order valence-electron chi connectivity index (χ0n) is 9.60. The number of nitrogens with one attached hydrogen (secondary N) is 1. The van der Waals surface area contributed by atoms with Crippen LogP contribution in [0.2, 0.25) is 0 Å². The van der Waals surface area contributed by atoms with Crippen LogP contribution in [0.1, 0.15) is 24.8 Å². The first-order chi connectivity index (χ1) is 8.65. The summed E-state index contributed by atoms with van der Waals surface area (Å²) in [5.41, 5.74) is 4.05. The molecular weight excluding hydrogens is 276 g/mol. The quantitative estimate of drug-likeness (QED) is 0.741. The van der Waals surface area contributed by atoms with E-state index < -0.39 is 0 Å². The van der Waals surface area contributed by atoms with Crippen molar-refractivity contribution in [1.29, 1.82) is 0 Å². The van der Waals surface area contributed by atoms with Gasteiger partial charge >= 0.3 is 0 Å². The second-order valence-electron chi connectivity index (χ2n) is 4.00. The molecule has 3 rings (SSSR count). The minimum absolute atomic E-state index is 0. The van der Waals surface area contributed by atoms with Crippen LogP contribution in [0.25, 0.3) is 11.6 Å². The lowest BCUT2D eigenvalue weighted by atomic mass is 10.0. The smallest absolute Gasteiger partial charge is 0.207 e. The number of aromatic nitrogens is 1. The Balaban J connectivity index is 0.00000133. The summed E-state index contributed by atoms with van der Waals surface area (Å²) in [6.45, 7) is 1.97. The lowest BCUT2D eigenvalue weighted by Crippen LogP contribution is -1.89. The molecule has 0 aliphatic carbocycles. The summed E-state index contributed by atoms with van der Waals surface area (Å²) in [5.74, 6) is 0.120. The highest BCUT2D eigenvalue weighted by Crippen LogP contribution is 2.37. The number of thiazole rings is 1. The van der Waals surface area contributed by atoms with E-state index in [2.05, 4.69) is 9.98 Å². The largest absolute Gasteiger partial charge is 0.494 e. The lowest BCUT2D eigenvalue weighted by molar-refractivity contribution is 0.456. The molecule has 0 amide bonds. The molecule has 0 atom stereocenters. The number of rotatable bonds is 1. The first kappa shape index (κ1) is 13.7. The van der Waals surface area contributed by atoms with Gasteiger partial charge in [-0.1, -0.05) is 25.6 Å². The number of aliphatic imine (C=N–C) groups is 1. The Hall–Kier alpha value is -1.72. The molecule has 0 spiro atoms. The van der Waals surface area contributed by atoms with Crippen molar-refractivity contribution in [3.63, 3.8) is 0 Å². The number of nitrogens with zero attached hydrogens (tertiary/aromatic N) is 1. The maximum atomic E-state index is 9.73. The van der Waals surface area contributed by atoms with Gasteiger partial charge in [0, 0.05) is 16.8 Å². The first-order valence-electron chi connectivity index (χ1n) is 5.44. The molecule has 2 heterocycles. The van der Waals surface area contributed by atoms with E-state index in [9.17, 15) is 5.11 Å². The molecule has 1 aromatic carbocycles. The Kier molecular flexibility index (Phi) is 3.68. The maximum absolute atomic E-state index is 9.73. The summed E-state index contributed by atoms with van der Waals surface area (Å²) in [5, 5.41) is 9.73. The number of hydrogen-bond acceptors (Lipinski definition) is 4. The molecule has 1 aliphatic rings. The molecule has 19 heavy (non-hydrogen) atoms. The van der Waals surface area contributed by atoms with Crippen LogP contribution in [0, 0.1) is 3.95 Å². The van der Waals surface area contributed by atoms with Crippen molar-refractivity contribution < 1.29 is 5.11 Å². The summed E-state index contributed by atoms with van der Waals surface area (Å²) in [6.07, 6.45) is 1.93. The topological polar surface area (TPSA) is 48.4 Å². The van der Waals surface area contributed by atoms with Crippen LogP contribution in [0.4, 0.5) is 5.69 Å². The van der Waals surface area contributed by atoms with E-state index in [0.29, 0.717) is 3.95 Å². The predicted octanol–water partition coefficient (Wildman–Crippen LogP) is 4.79.